The molecular weight excluding hydrogens is 338 g/mol. The third kappa shape index (κ3) is 3.64. The van der Waals surface area contributed by atoms with Crippen molar-refractivity contribution < 1.29 is 9.59 Å². The van der Waals surface area contributed by atoms with Crippen LogP contribution in [0, 0.1) is 6.92 Å². The van der Waals surface area contributed by atoms with E-state index in [9.17, 15) is 9.59 Å². The van der Waals surface area contributed by atoms with Crippen LogP contribution in [0.1, 0.15) is 26.3 Å². The van der Waals surface area contributed by atoms with Crippen molar-refractivity contribution >= 4 is 22.6 Å². The standard InChI is InChI=1S/C22H23N3O2/c1-16-6-8-17(9-7-16)22(27)25-12-10-24(11-13-25)15-21(26)19-14-23-20-5-3-2-4-18(19)20/h2-9,14,23H,10-13,15H2,1H3. The number of nitrogens with one attached hydrogen (secondary N) is 1. The summed E-state index contributed by atoms with van der Waals surface area (Å²) in [6.45, 7) is 5.12. The van der Waals surface area contributed by atoms with Crippen LogP contribution in [0.2, 0.25) is 0 Å². The van der Waals surface area contributed by atoms with Gasteiger partial charge in [-0.3, -0.25) is 14.5 Å². The Morgan fingerprint density at radius 3 is 2.41 bits per heavy atom. The molecule has 1 N–H and O–H groups in total. The monoisotopic (exact) mass is 361 g/mol. The lowest BCUT2D eigenvalue weighted by atomic mass is 10.1. The Hall–Kier alpha value is -2.92. The van der Waals surface area contributed by atoms with Gasteiger partial charge in [0.05, 0.1) is 6.54 Å². The zero-order valence-corrected chi connectivity index (χ0v) is 15.4. The van der Waals surface area contributed by atoms with Crippen LogP contribution in [0.5, 0.6) is 0 Å². The van der Waals surface area contributed by atoms with Gasteiger partial charge in [0.15, 0.2) is 5.78 Å². The first-order chi connectivity index (χ1) is 13.1. The van der Waals surface area contributed by atoms with E-state index >= 15 is 0 Å². The third-order valence-corrected chi connectivity index (χ3v) is 5.21. The van der Waals surface area contributed by atoms with Gasteiger partial charge in [-0.1, -0.05) is 35.9 Å². The van der Waals surface area contributed by atoms with Crippen LogP contribution in [0.3, 0.4) is 0 Å². The molecule has 1 aromatic heterocycles. The highest BCUT2D eigenvalue weighted by molar-refractivity contribution is 6.08. The lowest BCUT2D eigenvalue weighted by Crippen LogP contribution is -2.49. The average Bonchev–Trinajstić information content (AvgIpc) is 3.13. The molecule has 4 rings (SSSR count). The molecule has 0 saturated carbocycles. The number of carbonyl (C=O) groups excluding carboxylic acids is 2. The van der Waals surface area contributed by atoms with Gasteiger partial charge in [-0.05, 0) is 25.1 Å². The van der Waals surface area contributed by atoms with E-state index in [-0.39, 0.29) is 11.7 Å². The second-order valence-electron chi connectivity index (χ2n) is 7.11. The predicted molar refractivity (Wildman–Crippen MR) is 106 cm³/mol. The number of nitrogens with zero attached hydrogens (tertiary/aromatic N) is 2. The highest BCUT2D eigenvalue weighted by Crippen LogP contribution is 2.19. The number of ketones is 1. The molecule has 0 radical (unpaired) electrons. The molecule has 1 saturated heterocycles. The smallest absolute Gasteiger partial charge is 0.253 e. The summed E-state index contributed by atoms with van der Waals surface area (Å²) in [5.74, 6) is 0.184. The van der Waals surface area contributed by atoms with E-state index in [1.54, 1.807) is 6.20 Å². The molecule has 3 aromatic rings. The maximum Gasteiger partial charge on any atom is 0.253 e. The Bertz CT molecular complexity index is 967. The largest absolute Gasteiger partial charge is 0.360 e. The summed E-state index contributed by atoms with van der Waals surface area (Å²) in [5.41, 5.74) is 3.59. The van der Waals surface area contributed by atoms with Gasteiger partial charge < -0.3 is 9.88 Å². The van der Waals surface area contributed by atoms with Gasteiger partial charge in [0.25, 0.3) is 5.91 Å². The summed E-state index contributed by atoms with van der Waals surface area (Å²) in [6.07, 6.45) is 1.80. The second kappa shape index (κ2) is 7.37. The van der Waals surface area contributed by atoms with Gasteiger partial charge in [0.1, 0.15) is 0 Å². The topological polar surface area (TPSA) is 56.4 Å². The Balaban J connectivity index is 1.36. The van der Waals surface area contributed by atoms with E-state index in [4.69, 9.17) is 0 Å². The minimum atomic E-state index is 0.0672. The van der Waals surface area contributed by atoms with E-state index in [0.29, 0.717) is 32.7 Å². The number of aryl methyl sites for hydroxylation is 1. The molecule has 5 nitrogen and oxygen atoms in total. The number of H-pyrrole nitrogens is 1. The predicted octanol–water partition coefficient (Wildman–Crippen LogP) is 3.12. The molecule has 0 spiro atoms. The summed E-state index contributed by atoms with van der Waals surface area (Å²) < 4.78 is 0. The van der Waals surface area contributed by atoms with Gasteiger partial charge in [-0.25, -0.2) is 0 Å². The van der Waals surface area contributed by atoms with Crippen LogP contribution >= 0.6 is 0 Å². The first-order valence-electron chi connectivity index (χ1n) is 9.29. The van der Waals surface area contributed by atoms with Crippen molar-refractivity contribution in [2.24, 2.45) is 0 Å². The van der Waals surface area contributed by atoms with Crippen LogP contribution in [-0.2, 0) is 0 Å². The van der Waals surface area contributed by atoms with Crippen molar-refractivity contribution in [3.8, 4) is 0 Å². The quantitative estimate of drug-likeness (QED) is 0.727. The molecule has 1 amide bonds. The van der Waals surface area contributed by atoms with E-state index < -0.39 is 0 Å². The number of amides is 1. The molecule has 1 aliphatic rings. The number of hydrogen-bond acceptors (Lipinski definition) is 3. The summed E-state index contributed by atoms with van der Waals surface area (Å²) >= 11 is 0. The van der Waals surface area contributed by atoms with E-state index in [2.05, 4.69) is 9.88 Å². The molecule has 0 atom stereocenters. The number of hydrogen-bond donors (Lipinski definition) is 1. The molecule has 1 fully saturated rings. The zero-order valence-electron chi connectivity index (χ0n) is 15.4. The Labute approximate surface area is 158 Å². The minimum Gasteiger partial charge on any atom is -0.360 e. The number of Topliss-reactive ketones (excluding diaryl/α,β-unsaturated/α-hetero) is 1. The van der Waals surface area contributed by atoms with Crippen molar-refractivity contribution in [3.63, 3.8) is 0 Å². The first kappa shape index (κ1) is 17.5. The Kier molecular flexibility index (Phi) is 4.77. The molecular formula is C22H23N3O2. The molecule has 2 heterocycles. The molecule has 27 heavy (non-hydrogen) atoms. The second-order valence-corrected chi connectivity index (χ2v) is 7.11. The average molecular weight is 361 g/mol. The fourth-order valence-electron chi connectivity index (χ4n) is 3.58. The highest BCUT2D eigenvalue weighted by Gasteiger charge is 2.24. The van der Waals surface area contributed by atoms with E-state index in [1.807, 2.05) is 60.4 Å². The number of benzene rings is 2. The zero-order chi connectivity index (χ0) is 18.8. The lowest BCUT2D eigenvalue weighted by molar-refractivity contribution is 0.0624. The fraction of sp³-hybridized carbons (Fsp3) is 0.273. The Morgan fingerprint density at radius 2 is 1.67 bits per heavy atom. The number of carbonyl (C=O) groups is 2. The van der Waals surface area contributed by atoms with Crippen LogP contribution < -0.4 is 0 Å². The van der Waals surface area contributed by atoms with Gasteiger partial charge >= 0.3 is 0 Å². The van der Waals surface area contributed by atoms with Crippen LogP contribution in [0.15, 0.2) is 54.7 Å². The summed E-state index contributed by atoms with van der Waals surface area (Å²) in [4.78, 5) is 32.5. The van der Waals surface area contributed by atoms with Crippen molar-refractivity contribution in [3.05, 3.63) is 71.4 Å². The van der Waals surface area contributed by atoms with E-state index in [1.165, 1.54) is 0 Å². The molecule has 138 valence electrons. The highest BCUT2D eigenvalue weighted by atomic mass is 16.2. The lowest BCUT2D eigenvalue weighted by Gasteiger charge is -2.34. The number of fused-ring (bicyclic) bond motifs is 1. The van der Waals surface area contributed by atoms with Crippen LogP contribution in [0.25, 0.3) is 10.9 Å². The summed E-state index contributed by atoms with van der Waals surface area (Å²) in [5, 5.41) is 0.968. The molecule has 0 bridgehead atoms. The van der Waals surface area contributed by atoms with Gasteiger partial charge in [-0.2, -0.15) is 0 Å². The molecule has 1 aliphatic heterocycles. The third-order valence-electron chi connectivity index (χ3n) is 5.21. The van der Waals surface area contributed by atoms with Crippen molar-refractivity contribution in [1.29, 1.82) is 0 Å². The SMILES string of the molecule is Cc1ccc(C(=O)N2CCN(CC(=O)c3c[nH]c4ccccc34)CC2)cc1. The van der Waals surface area contributed by atoms with Crippen molar-refractivity contribution in [1.82, 2.24) is 14.8 Å². The normalized spacial score (nSPS) is 15.2. The minimum absolute atomic E-state index is 0.0672. The maximum atomic E-state index is 12.7. The molecule has 2 aromatic carbocycles. The molecule has 0 aliphatic carbocycles. The van der Waals surface area contributed by atoms with Crippen LogP contribution in [-0.4, -0.2) is 59.2 Å². The number of aromatic nitrogens is 1. The Morgan fingerprint density at radius 1 is 0.963 bits per heavy atom. The van der Waals surface area contributed by atoms with Crippen molar-refractivity contribution in [2.75, 3.05) is 32.7 Å². The first-order valence-corrected chi connectivity index (χ1v) is 9.29. The number of aromatic amines is 1. The van der Waals surface area contributed by atoms with Gasteiger partial charge in [0.2, 0.25) is 0 Å². The fourth-order valence-corrected chi connectivity index (χ4v) is 3.58. The van der Waals surface area contributed by atoms with Crippen molar-refractivity contribution in [2.45, 2.75) is 6.92 Å². The number of rotatable bonds is 4. The summed E-state index contributed by atoms with van der Waals surface area (Å²) in [6, 6.07) is 15.5. The number of para-hydroxylation sites is 1. The van der Waals surface area contributed by atoms with Gasteiger partial charge in [-0.15, -0.1) is 0 Å². The van der Waals surface area contributed by atoms with E-state index in [0.717, 1.165) is 27.6 Å². The molecule has 0 unspecified atom stereocenters. The maximum absolute atomic E-state index is 12.7. The summed E-state index contributed by atoms with van der Waals surface area (Å²) in [7, 11) is 0. The molecule has 5 heteroatoms. The van der Waals surface area contributed by atoms with Gasteiger partial charge in [0, 0.05) is 54.4 Å². The number of piperazine rings is 1. The van der Waals surface area contributed by atoms with Crippen LogP contribution in [0.4, 0.5) is 0 Å².